The van der Waals surface area contributed by atoms with Gasteiger partial charge < -0.3 is 10.0 Å². The predicted molar refractivity (Wildman–Crippen MR) is 110 cm³/mol. The van der Waals surface area contributed by atoms with Gasteiger partial charge in [0, 0.05) is 19.5 Å². The lowest BCUT2D eigenvalue weighted by molar-refractivity contribution is -0.0637. The number of thioether (sulfide) groups is 1. The molecule has 3 nitrogen and oxygen atoms in total. The topological polar surface area (TPSA) is 35.8 Å². The van der Waals surface area contributed by atoms with Crippen LogP contribution in [-0.2, 0) is 6.42 Å². The maximum Gasteiger partial charge on any atom is 0.162 e. The predicted octanol–water partition coefficient (Wildman–Crippen LogP) is 4.47. The monoisotopic (exact) mass is 366 g/mol. The largest absolute Gasteiger partial charge is 0.369 e. The van der Waals surface area contributed by atoms with Gasteiger partial charge in [0.05, 0.1) is 5.25 Å². The summed E-state index contributed by atoms with van der Waals surface area (Å²) in [5.41, 5.74) is 3.87. The minimum atomic E-state index is -0.948. The summed E-state index contributed by atoms with van der Waals surface area (Å²) in [6, 6.07) is 17.1. The highest BCUT2D eigenvalue weighted by molar-refractivity contribution is 8.14. The molecule has 0 saturated carbocycles. The number of aliphatic hydroxyl groups is 1. The summed E-state index contributed by atoms with van der Waals surface area (Å²) in [6.07, 6.45) is 2.78. The molecule has 4 heteroatoms. The van der Waals surface area contributed by atoms with E-state index in [9.17, 15) is 5.11 Å². The first-order valence-electron chi connectivity index (χ1n) is 9.39. The number of rotatable bonds is 3. The van der Waals surface area contributed by atoms with Crippen molar-refractivity contribution in [3.63, 3.8) is 0 Å². The normalized spacial score (nSPS) is 25.6. The van der Waals surface area contributed by atoms with Gasteiger partial charge in [-0.05, 0) is 37.8 Å². The van der Waals surface area contributed by atoms with E-state index in [0.29, 0.717) is 6.42 Å². The Kier molecular flexibility index (Phi) is 4.80. The first kappa shape index (κ1) is 17.6. The minimum absolute atomic E-state index is 0.0273. The van der Waals surface area contributed by atoms with Crippen LogP contribution in [0.3, 0.4) is 0 Å². The van der Waals surface area contributed by atoms with Crippen molar-refractivity contribution in [1.82, 2.24) is 4.90 Å². The molecular weight excluding hydrogens is 340 g/mol. The van der Waals surface area contributed by atoms with Gasteiger partial charge in [-0.15, -0.1) is 0 Å². The summed E-state index contributed by atoms with van der Waals surface area (Å²) in [4.78, 5) is 6.94. The molecule has 1 saturated heterocycles. The van der Waals surface area contributed by atoms with Gasteiger partial charge >= 0.3 is 0 Å². The van der Waals surface area contributed by atoms with Crippen LogP contribution in [0.25, 0.3) is 0 Å². The Morgan fingerprint density at radius 1 is 1.12 bits per heavy atom. The Labute approximate surface area is 160 Å². The van der Waals surface area contributed by atoms with E-state index in [1.807, 2.05) is 0 Å². The van der Waals surface area contributed by atoms with Gasteiger partial charge in [-0.25, -0.2) is 0 Å². The highest BCUT2D eigenvalue weighted by Crippen LogP contribution is 2.51. The van der Waals surface area contributed by atoms with Crippen molar-refractivity contribution >= 4 is 16.9 Å². The third-order valence-corrected chi connectivity index (χ3v) is 6.75. The SMILES string of the molecule is Cc1ccc(C2SC3=NCCCCN3C2(O)Cc2cccc(C)c2)cc1. The number of benzene rings is 2. The van der Waals surface area contributed by atoms with Crippen molar-refractivity contribution in [2.75, 3.05) is 13.1 Å². The van der Waals surface area contributed by atoms with Gasteiger partial charge in [0.1, 0.15) is 0 Å². The van der Waals surface area contributed by atoms with Crippen molar-refractivity contribution in [2.45, 2.75) is 44.1 Å². The lowest BCUT2D eigenvalue weighted by Crippen LogP contribution is -2.50. The van der Waals surface area contributed by atoms with Crippen LogP contribution in [0.2, 0.25) is 0 Å². The second-order valence-corrected chi connectivity index (χ2v) is 8.55. The summed E-state index contributed by atoms with van der Waals surface area (Å²) >= 11 is 1.72. The number of hydrogen-bond donors (Lipinski definition) is 1. The van der Waals surface area contributed by atoms with Crippen LogP contribution in [0.15, 0.2) is 53.5 Å². The fourth-order valence-electron chi connectivity index (χ4n) is 3.93. The van der Waals surface area contributed by atoms with Crippen LogP contribution < -0.4 is 0 Å². The van der Waals surface area contributed by atoms with Gasteiger partial charge in [-0.1, -0.05) is 71.4 Å². The van der Waals surface area contributed by atoms with Crippen LogP contribution in [0.1, 0.15) is 40.3 Å². The average Bonchev–Trinajstić information content (AvgIpc) is 2.77. The van der Waals surface area contributed by atoms with Crippen LogP contribution >= 0.6 is 11.8 Å². The van der Waals surface area contributed by atoms with E-state index in [2.05, 4.69) is 67.3 Å². The zero-order valence-corrected chi connectivity index (χ0v) is 16.3. The molecule has 1 fully saturated rings. The molecule has 0 spiro atoms. The van der Waals surface area contributed by atoms with E-state index in [1.54, 1.807) is 11.8 Å². The number of aryl methyl sites for hydroxylation is 2. The van der Waals surface area contributed by atoms with E-state index in [0.717, 1.165) is 31.1 Å². The number of hydrogen-bond acceptors (Lipinski definition) is 4. The maximum absolute atomic E-state index is 12.0. The molecule has 2 aromatic carbocycles. The van der Waals surface area contributed by atoms with Gasteiger partial charge in [0.25, 0.3) is 0 Å². The van der Waals surface area contributed by atoms with E-state index in [4.69, 9.17) is 4.99 Å². The molecular formula is C22H26N2OS. The van der Waals surface area contributed by atoms with Gasteiger partial charge in [-0.2, -0.15) is 0 Å². The van der Waals surface area contributed by atoms with E-state index in [1.165, 1.54) is 22.3 Å². The van der Waals surface area contributed by atoms with Crippen molar-refractivity contribution < 1.29 is 5.11 Å². The molecule has 1 N–H and O–H groups in total. The number of aliphatic imine (C=N–C) groups is 1. The molecule has 136 valence electrons. The first-order valence-corrected chi connectivity index (χ1v) is 10.3. The van der Waals surface area contributed by atoms with Crippen molar-refractivity contribution in [1.29, 1.82) is 0 Å². The molecule has 4 rings (SSSR count). The molecule has 2 atom stereocenters. The average molecular weight is 367 g/mol. The summed E-state index contributed by atoms with van der Waals surface area (Å²) in [6.45, 7) is 5.94. The van der Waals surface area contributed by atoms with Gasteiger partial charge in [-0.3, -0.25) is 4.99 Å². The van der Waals surface area contributed by atoms with Crippen LogP contribution in [0.5, 0.6) is 0 Å². The molecule has 2 aliphatic rings. The lowest BCUT2D eigenvalue weighted by Gasteiger charge is -2.37. The molecule has 26 heavy (non-hydrogen) atoms. The molecule has 0 amide bonds. The molecule has 0 bridgehead atoms. The number of nitrogens with zero attached hydrogens (tertiary/aromatic N) is 2. The molecule has 0 aliphatic carbocycles. The van der Waals surface area contributed by atoms with Crippen molar-refractivity contribution in [3.8, 4) is 0 Å². The van der Waals surface area contributed by atoms with E-state index >= 15 is 0 Å². The second-order valence-electron chi connectivity index (χ2n) is 7.48. The van der Waals surface area contributed by atoms with Gasteiger partial charge in [0.2, 0.25) is 0 Å². The Bertz CT molecular complexity index is 817. The second kappa shape index (κ2) is 7.09. The Balaban J connectivity index is 1.75. The Morgan fingerprint density at radius 2 is 1.92 bits per heavy atom. The number of fused-ring (bicyclic) bond motifs is 1. The first-order chi connectivity index (χ1) is 12.6. The molecule has 2 unspecified atom stereocenters. The molecule has 0 radical (unpaired) electrons. The van der Waals surface area contributed by atoms with Crippen LogP contribution in [0.4, 0.5) is 0 Å². The summed E-state index contributed by atoms with van der Waals surface area (Å²) in [5, 5.41) is 12.9. The minimum Gasteiger partial charge on any atom is -0.369 e. The lowest BCUT2D eigenvalue weighted by atomic mass is 9.92. The zero-order chi connectivity index (χ0) is 18.1. The van der Waals surface area contributed by atoms with Gasteiger partial charge in [0.15, 0.2) is 10.9 Å². The molecule has 2 heterocycles. The fraction of sp³-hybridized carbons (Fsp3) is 0.409. The number of amidine groups is 1. The zero-order valence-electron chi connectivity index (χ0n) is 15.5. The molecule has 0 aromatic heterocycles. The quantitative estimate of drug-likeness (QED) is 0.870. The smallest absolute Gasteiger partial charge is 0.162 e. The summed E-state index contributed by atoms with van der Waals surface area (Å²) < 4.78 is 0. The molecule has 2 aliphatic heterocycles. The van der Waals surface area contributed by atoms with E-state index < -0.39 is 5.72 Å². The van der Waals surface area contributed by atoms with Crippen LogP contribution in [-0.4, -0.2) is 34.0 Å². The highest BCUT2D eigenvalue weighted by atomic mass is 32.2. The maximum atomic E-state index is 12.0. The van der Waals surface area contributed by atoms with E-state index in [-0.39, 0.29) is 5.25 Å². The summed E-state index contributed by atoms with van der Waals surface area (Å²) in [5.74, 6) is 0. The molecule has 2 aromatic rings. The Morgan fingerprint density at radius 3 is 2.69 bits per heavy atom. The Hall–Kier alpha value is -1.78. The third-order valence-electron chi connectivity index (χ3n) is 5.31. The van der Waals surface area contributed by atoms with Crippen molar-refractivity contribution in [2.24, 2.45) is 4.99 Å². The van der Waals surface area contributed by atoms with Crippen LogP contribution in [0, 0.1) is 13.8 Å². The third kappa shape index (κ3) is 3.28. The fourth-order valence-corrected chi connectivity index (χ4v) is 5.37. The highest BCUT2D eigenvalue weighted by Gasteiger charge is 2.52. The standard InChI is InChI=1S/C22H26N2OS/c1-16-8-10-19(11-9-16)20-22(25,15-18-7-5-6-17(2)14-18)24-13-4-3-12-23-21(24)26-20/h5-11,14,20,25H,3-4,12-13,15H2,1-2H3. The summed E-state index contributed by atoms with van der Waals surface area (Å²) in [7, 11) is 0. The van der Waals surface area contributed by atoms with Crippen molar-refractivity contribution in [3.05, 3.63) is 70.8 Å².